The molecule has 0 saturated carbocycles. The number of benzene rings is 2. The zero-order valence-corrected chi connectivity index (χ0v) is 22.0. The van der Waals surface area contributed by atoms with Crippen LogP contribution in [-0.4, -0.2) is 57.1 Å². The zero-order chi connectivity index (χ0) is 26.3. The smallest absolute Gasteiger partial charge is 0.244 e. The van der Waals surface area contributed by atoms with Crippen LogP contribution in [-0.2, 0) is 26.2 Å². The molecule has 0 aliphatic carbocycles. The molecule has 8 nitrogen and oxygen atoms in total. The third-order valence-electron chi connectivity index (χ3n) is 5.53. The van der Waals surface area contributed by atoms with Crippen LogP contribution in [0.25, 0.3) is 0 Å². The summed E-state index contributed by atoms with van der Waals surface area (Å²) >= 11 is 5.84. The molecule has 2 unspecified atom stereocenters. The summed E-state index contributed by atoms with van der Waals surface area (Å²) < 4.78 is 44.8. The Bertz CT molecular complexity index is 1160. The summed E-state index contributed by atoms with van der Waals surface area (Å²) in [7, 11) is -2.43. The Kier molecular flexibility index (Phi) is 9.91. The van der Waals surface area contributed by atoms with Crippen LogP contribution in [0.5, 0.6) is 5.75 Å². The van der Waals surface area contributed by atoms with E-state index < -0.39 is 34.3 Å². The molecule has 2 amide bonds. The summed E-state index contributed by atoms with van der Waals surface area (Å²) in [4.78, 5) is 27.7. The highest BCUT2D eigenvalue weighted by molar-refractivity contribution is 7.92. The minimum Gasteiger partial charge on any atom is -0.497 e. The number of nitrogens with zero attached hydrogens (tertiary/aromatic N) is 2. The van der Waals surface area contributed by atoms with Gasteiger partial charge < -0.3 is 15.0 Å². The van der Waals surface area contributed by atoms with Gasteiger partial charge in [-0.25, -0.2) is 12.8 Å². The lowest BCUT2D eigenvalue weighted by Gasteiger charge is -2.32. The number of hydrogen-bond donors (Lipinski definition) is 1. The number of carbonyl (C=O) groups is 2. The van der Waals surface area contributed by atoms with Crippen LogP contribution in [0.3, 0.4) is 0 Å². The molecular weight excluding hydrogens is 497 g/mol. The van der Waals surface area contributed by atoms with Crippen molar-refractivity contribution < 1.29 is 27.1 Å². The fraction of sp³-hybridized carbons (Fsp3) is 0.417. The number of halogens is 2. The first-order valence-corrected chi connectivity index (χ1v) is 13.3. The van der Waals surface area contributed by atoms with Crippen molar-refractivity contribution in [1.82, 2.24) is 10.2 Å². The summed E-state index contributed by atoms with van der Waals surface area (Å²) in [6.45, 7) is 4.78. The molecule has 2 rings (SSSR count). The summed E-state index contributed by atoms with van der Waals surface area (Å²) in [5, 5.41) is 2.57. The molecule has 0 fully saturated rings. The summed E-state index contributed by atoms with van der Waals surface area (Å²) in [5.41, 5.74) is 0.724. The predicted molar refractivity (Wildman–Crippen MR) is 135 cm³/mol. The SMILES string of the molecule is CCC(C)NC(=O)C(C)N(Cc1cccc(OC)c1)C(=O)CN(c1ccc(F)c(Cl)c1)S(C)(=O)=O. The number of anilines is 1. The van der Waals surface area contributed by atoms with E-state index in [4.69, 9.17) is 16.3 Å². The molecule has 0 saturated heterocycles. The van der Waals surface area contributed by atoms with Gasteiger partial charge in [-0.05, 0) is 56.2 Å². The maximum absolute atomic E-state index is 13.7. The molecule has 0 bridgehead atoms. The molecule has 0 aliphatic rings. The number of carbonyl (C=O) groups excluding carboxylic acids is 2. The first-order chi connectivity index (χ1) is 16.4. The van der Waals surface area contributed by atoms with Crippen LogP contribution >= 0.6 is 11.6 Å². The molecule has 0 spiro atoms. The number of sulfonamides is 1. The molecule has 1 N–H and O–H groups in total. The lowest BCUT2D eigenvalue weighted by atomic mass is 10.1. The van der Waals surface area contributed by atoms with Crippen molar-refractivity contribution >= 4 is 39.1 Å². The van der Waals surface area contributed by atoms with Crippen LogP contribution in [0.4, 0.5) is 10.1 Å². The van der Waals surface area contributed by atoms with Crippen molar-refractivity contribution in [2.24, 2.45) is 0 Å². The minimum absolute atomic E-state index is 0.0327. The van der Waals surface area contributed by atoms with Crippen molar-refractivity contribution in [2.75, 3.05) is 24.2 Å². The van der Waals surface area contributed by atoms with Crippen LogP contribution in [0.15, 0.2) is 42.5 Å². The van der Waals surface area contributed by atoms with Gasteiger partial charge in [0.2, 0.25) is 21.8 Å². The van der Waals surface area contributed by atoms with Gasteiger partial charge in [-0.1, -0.05) is 30.7 Å². The third-order valence-corrected chi connectivity index (χ3v) is 6.96. The van der Waals surface area contributed by atoms with E-state index in [9.17, 15) is 22.4 Å². The summed E-state index contributed by atoms with van der Waals surface area (Å²) in [6.07, 6.45) is 1.64. The van der Waals surface area contributed by atoms with Crippen molar-refractivity contribution in [3.8, 4) is 5.75 Å². The Hall–Kier alpha value is -2.85. The number of amides is 2. The monoisotopic (exact) mass is 527 g/mol. The van der Waals surface area contributed by atoms with Gasteiger partial charge in [0.05, 0.1) is 24.1 Å². The number of rotatable bonds is 11. The highest BCUT2D eigenvalue weighted by atomic mass is 35.5. The molecule has 2 aromatic rings. The van der Waals surface area contributed by atoms with Gasteiger partial charge >= 0.3 is 0 Å². The summed E-state index contributed by atoms with van der Waals surface area (Å²) in [6, 6.07) is 9.38. The largest absolute Gasteiger partial charge is 0.497 e. The Morgan fingerprint density at radius 3 is 2.43 bits per heavy atom. The normalized spacial score (nSPS) is 13.0. The van der Waals surface area contributed by atoms with E-state index in [0.29, 0.717) is 17.7 Å². The third kappa shape index (κ3) is 7.83. The van der Waals surface area contributed by atoms with Gasteiger partial charge in [0.15, 0.2) is 0 Å². The first-order valence-electron chi connectivity index (χ1n) is 11.0. The number of nitrogens with one attached hydrogen (secondary N) is 1. The molecule has 0 radical (unpaired) electrons. The van der Waals surface area contributed by atoms with Crippen molar-refractivity contribution in [3.05, 3.63) is 58.9 Å². The summed E-state index contributed by atoms with van der Waals surface area (Å²) in [5.74, 6) is -1.13. The fourth-order valence-corrected chi connectivity index (χ4v) is 4.29. The van der Waals surface area contributed by atoms with Gasteiger partial charge in [-0.3, -0.25) is 13.9 Å². The van der Waals surface area contributed by atoms with Gasteiger partial charge in [-0.15, -0.1) is 0 Å². The van der Waals surface area contributed by atoms with Gasteiger partial charge in [-0.2, -0.15) is 0 Å². The topological polar surface area (TPSA) is 96.0 Å². The molecule has 11 heteroatoms. The Balaban J connectivity index is 2.42. The average molecular weight is 528 g/mol. The second kappa shape index (κ2) is 12.2. The standard InChI is InChI=1S/C24H31ClFN3O5S/c1-6-16(2)27-24(31)17(3)28(14-18-8-7-9-20(12-18)34-4)23(30)15-29(35(5,32)33)19-10-11-22(26)21(25)13-19/h7-13,16-17H,6,14-15H2,1-5H3,(H,27,31). The molecule has 35 heavy (non-hydrogen) atoms. The maximum Gasteiger partial charge on any atom is 0.244 e. The number of ether oxygens (including phenoxy) is 1. The van der Waals surface area contributed by atoms with E-state index in [1.54, 1.807) is 31.2 Å². The van der Waals surface area contributed by atoms with Crippen molar-refractivity contribution in [3.63, 3.8) is 0 Å². The molecule has 2 aromatic carbocycles. The van der Waals surface area contributed by atoms with Crippen molar-refractivity contribution in [1.29, 1.82) is 0 Å². The number of methoxy groups -OCH3 is 1. The van der Waals surface area contributed by atoms with E-state index in [0.717, 1.165) is 22.7 Å². The van der Waals surface area contributed by atoms with E-state index >= 15 is 0 Å². The minimum atomic E-state index is -3.94. The molecular formula is C24H31ClFN3O5S. The fourth-order valence-electron chi connectivity index (χ4n) is 3.27. The van der Waals surface area contributed by atoms with Crippen LogP contribution in [0, 0.1) is 5.82 Å². The Morgan fingerprint density at radius 1 is 1.17 bits per heavy atom. The molecule has 0 aliphatic heterocycles. The van der Waals surface area contributed by atoms with Crippen LogP contribution < -0.4 is 14.4 Å². The highest BCUT2D eigenvalue weighted by Crippen LogP contribution is 2.25. The predicted octanol–water partition coefficient (Wildman–Crippen LogP) is 3.59. The van der Waals surface area contributed by atoms with Gasteiger partial charge in [0.1, 0.15) is 24.2 Å². The quantitative estimate of drug-likeness (QED) is 0.482. The van der Waals surface area contributed by atoms with Crippen molar-refractivity contribution in [2.45, 2.75) is 45.8 Å². The first kappa shape index (κ1) is 28.4. The van der Waals surface area contributed by atoms with E-state index in [-0.39, 0.29) is 29.2 Å². The Morgan fingerprint density at radius 2 is 1.86 bits per heavy atom. The second-order valence-electron chi connectivity index (χ2n) is 8.24. The lowest BCUT2D eigenvalue weighted by Crippen LogP contribution is -2.52. The second-order valence-corrected chi connectivity index (χ2v) is 10.5. The maximum atomic E-state index is 13.7. The molecule has 0 heterocycles. The van der Waals surface area contributed by atoms with E-state index in [1.165, 1.54) is 18.1 Å². The number of hydrogen-bond acceptors (Lipinski definition) is 5. The molecule has 0 aromatic heterocycles. The highest BCUT2D eigenvalue weighted by Gasteiger charge is 2.30. The van der Waals surface area contributed by atoms with Gasteiger partial charge in [0.25, 0.3) is 0 Å². The zero-order valence-electron chi connectivity index (χ0n) is 20.4. The van der Waals surface area contributed by atoms with Crippen LogP contribution in [0.2, 0.25) is 5.02 Å². The van der Waals surface area contributed by atoms with E-state index in [1.807, 2.05) is 13.8 Å². The Labute approximate surface area is 211 Å². The van der Waals surface area contributed by atoms with E-state index in [2.05, 4.69) is 5.32 Å². The van der Waals surface area contributed by atoms with Gasteiger partial charge in [0, 0.05) is 12.6 Å². The lowest BCUT2D eigenvalue weighted by molar-refractivity contribution is -0.139. The molecule has 192 valence electrons. The average Bonchev–Trinajstić information content (AvgIpc) is 2.81. The van der Waals surface area contributed by atoms with Crippen LogP contribution in [0.1, 0.15) is 32.8 Å². The molecule has 2 atom stereocenters.